The van der Waals surface area contributed by atoms with Gasteiger partial charge in [-0.25, -0.2) is 8.42 Å². The normalized spacial score (nSPS) is 20.1. The molecule has 1 aromatic rings. The summed E-state index contributed by atoms with van der Waals surface area (Å²) in [5, 5.41) is 0. The number of nitrogens with zero attached hydrogens (tertiary/aromatic N) is 1. The van der Waals surface area contributed by atoms with Crippen LogP contribution in [0.15, 0.2) is 23.1 Å². The van der Waals surface area contributed by atoms with Gasteiger partial charge in [0.1, 0.15) is 0 Å². The summed E-state index contributed by atoms with van der Waals surface area (Å²) >= 11 is 0. The Balaban J connectivity index is 2.30. The van der Waals surface area contributed by atoms with Crippen LogP contribution in [-0.4, -0.2) is 46.6 Å². The highest BCUT2D eigenvalue weighted by molar-refractivity contribution is 7.89. The molecule has 0 radical (unpaired) electrons. The molecule has 1 heterocycles. The van der Waals surface area contributed by atoms with E-state index in [1.807, 2.05) is 0 Å². The molecule has 1 unspecified atom stereocenters. The molecular formula is C13H20N2O4S. The zero-order chi connectivity index (χ0) is 14.8. The summed E-state index contributed by atoms with van der Waals surface area (Å²) in [5.74, 6) is 1.15. The number of hydrogen-bond acceptors (Lipinski definition) is 5. The topological polar surface area (TPSA) is 81.9 Å². The highest BCUT2D eigenvalue weighted by atomic mass is 32.2. The van der Waals surface area contributed by atoms with Crippen LogP contribution in [0.2, 0.25) is 0 Å². The lowest BCUT2D eigenvalue weighted by atomic mass is 10.1. The van der Waals surface area contributed by atoms with Gasteiger partial charge in [-0.05, 0) is 31.0 Å². The molecule has 7 heteroatoms. The van der Waals surface area contributed by atoms with Crippen LogP contribution in [-0.2, 0) is 10.0 Å². The Morgan fingerprint density at radius 1 is 1.30 bits per heavy atom. The van der Waals surface area contributed by atoms with Crippen molar-refractivity contribution in [2.24, 2.45) is 11.7 Å². The summed E-state index contributed by atoms with van der Waals surface area (Å²) in [5.41, 5.74) is 5.60. The maximum Gasteiger partial charge on any atom is 0.243 e. The Morgan fingerprint density at radius 3 is 2.55 bits per heavy atom. The molecule has 1 aliphatic rings. The van der Waals surface area contributed by atoms with Crippen LogP contribution in [0, 0.1) is 5.92 Å². The minimum atomic E-state index is -3.50. The van der Waals surface area contributed by atoms with Gasteiger partial charge >= 0.3 is 0 Å². The third-order valence-corrected chi connectivity index (χ3v) is 5.44. The number of rotatable bonds is 5. The smallest absolute Gasteiger partial charge is 0.243 e. The fraction of sp³-hybridized carbons (Fsp3) is 0.538. The Morgan fingerprint density at radius 2 is 2.00 bits per heavy atom. The molecule has 0 aliphatic carbocycles. The van der Waals surface area contributed by atoms with Crippen molar-refractivity contribution < 1.29 is 17.9 Å². The zero-order valence-corrected chi connectivity index (χ0v) is 12.5. The minimum absolute atomic E-state index is 0.216. The predicted octanol–water partition coefficient (Wildman–Crippen LogP) is 0.673. The number of sulfonamides is 1. The molecule has 1 fully saturated rings. The predicted molar refractivity (Wildman–Crippen MR) is 75.5 cm³/mol. The summed E-state index contributed by atoms with van der Waals surface area (Å²) < 4.78 is 36.8. The maximum absolute atomic E-state index is 12.6. The first-order valence-electron chi connectivity index (χ1n) is 6.45. The first-order valence-corrected chi connectivity index (χ1v) is 7.89. The fourth-order valence-corrected chi connectivity index (χ4v) is 3.88. The van der Waals surface area contributed by atoms with Gasteiger partial charge in [0, 0.05) is 19.2 Å². The van der Waals surface area contributed by atoms with Crippen molar-refractivity contribution in [3.8, 4) is 11.5 Å². The molecule has 20 heavy (non-hydrogen) atoms. The lowest BCUT2D eigenvalue weighted by molar-refractivity contribution is 0.353. The molecule has 1 aliphatic heterocycles. The maximum atomic E-state index is 12.6. The highest BCUT2D eigenvalue weighted by Gasteiger charge is 2.32. The van der Waals surface area contributed by atoms with Crippen LogP contribution in [0.25, 0.3) is 0 Å². The number of ether oxygens (including phenoxy) is 2. The van der Waals surface area contributed by atoms with Crippen molar-refractivity contribution in [2.45, 2.75) is 11.3 Å². The van der Waals surface area contributed by atoms with Gasteiger partial charge in [0.2, 0.25) is 10.0 Å². The Bertz CT molecular complexity index is 574. The monoisotopic (exact) mass is 300 g/mol. The zero-order valence-electron chi connectivity index (χ0n) is 11.7. The molecule has 2 rings (SSSR count). The number of nitrogens with two attached hydrogens (primary N) is 1. The lowest BCUT2D eigenvalue weighted by Crippen LogP contribution is -2.30. The van der Waals surface area contributed by atoms with E-state index in [1.54, 1.807) is 6.07 Å². The van der Waals surface area contributed by atoms with Gasteiger partial charge in [0.25, 0.3) is 0 Å². The third kappa shape index (κ3) is 2.74. The van der Waals surface area contributed by atoms with Gasteiger partial charge in [0.15, 0.2) is 11.5 Å². The molecular weight excluding hydrogens is 280 g/mol. The molecule has 2 N–H and O–H groups in total. The second kappa shape index (κ2) is 5.99. The first kappa shape index (κ1) is 15.1. The van der Waals surface area contributed by atoms with E-state index in [9.17, 15) is 8.42 Å². The van der Waals surface area contributed by atoms with Crippen molar-refractivity contribution >= 4 is 10.0 Å². The van der Waals surface area contributed by atoms with Gasteiger partial charge in [-0.3, -0.25) is 0 Å². The van der Waals surface area contributed by atoms with Crippen molar-refractivity contribution in [1.29, 1.82) is 0 Å². The molecule has 112 valence electrons. The highest BCUT2D eigenvalue weighted by Crippen LogP contribution is 2.32. The molecule has 1 aromatic carbocycles. The molecule has 0 amide bonds. The average molecular weight is 300 g/mol. The third-order valence-electron chi connectivity index (χ3n) is 3.57. The average Bonchev–Trinajstić information content (AvgIpc) is 2.96. The molecule has 1 saturated heterocycles. The van der Waals surface area contributed by atoms with Gasteiger partial charge in [-0.15, -0.1) is 0 Å². The van der Waals surface area contributed by atoms with E-state index in [0.717, 1.165) is 6.42 Å². The van der Waals surface area contributed by atoms with Crippen LogP contribution in [0.1, 0.15) is 6.42 Å². The van der Waals surface area contributed by atoms with E-state index in [0.29, 0.717) is 31.1 Å². The van der Waals surface area contributed by atoms with Gasteiger partial charge in [-0.1, -0.05) is 0 Å². The van der Waals surface area contributed by atoms with Gasteiger partial charge < -0.3 is 15.2 Å². The Hall–Kier alpha value is -1.31. The molecule has 6 nitrogen and oxygen atoms in total. The summed E-state index contributed by atoms with van der Waals surface area (Å²) in [6, 6.07) is 4.62. The Kier molecular flexibility index (Phi) is 4.52. The van der Waals surface area contributed by atoms with Crippen molar-refractivity contribution in [1.82, 2.24) is 4.31 Å². The summed E-state index contributed by atoms with van der Waals surface area (Å²) in [6.07, 6.45) is 0.809. The van der Waals surface area contributed by atoms with E-state index in [4.69, 9.17) is 15.2 Å². The molecule has 1 atom stereocenters. The van der Waals surface area contributed by atoms with Crippen molar-refractivity contribution in [2.75, 3.05) is 33.9 Å². The SMILES string of the molecule is COc1ccc(S(=O)(=O)N2CCC(CN)C2)cc1OC. The Labute approximate surface area is 119 Å². The summed E-state index contributed by atoms with van der Waals surface area (Å²) in [4.78, 5) is 0.216. The lowest BCUT2D eigenvalue weighted by Gasteiger charge is -2.17. The van der Waals surface area contributed by atoms with E-state index < -0.39 is 10.0 Å². The fourth-order valence-electron chi connectivity index (χ4n) is 2.33. The van der Waals surface area contributed by atoms with Crippen LogP contribution in [0.3, 0.4) is 0 Å². The molecule has 0 bridgehead atoms. The minimum Gasteiger partial charge on any atom is -0.493 e. The van der Waals surface area contributed by atoms with Gasteiger partial charge in [0.05, 0.1) is 19.1 Å². The number of benzene rings is 1. The van der Waals surface area contributed by atoms with Crippen LogP contribution < -0.4 is 15.2 Å². The quantitative estimate of drug-likeness (QED) is 0.864. The van der Waals surface area contributed by atoms with Crippen LogP contribution in [0.5, 0.6) is 11.5 Å². The standard InChI is InChI=1S/C13H20N2O4S/c1-18-12-4-3-11(7-13(12)19-2)20(16,17)15-6-5-10(8-14)9-15/h3-4,7,10H,5-6,8-9,14H2,1-2H3. The summed E-state index contributed by atoms with van der Waals surface area (Å²) in [6.45, 7) is 1.50. The first-order chi connectivity index (χ1) is 9.52. The van der Waals surface area contributed by atoms with Crippen LogP contribution in [0.4, 0.5) is 0 Å². The second-order valence-electron chi connectivity index (χ2n) is 4.77. The summed E-state index contributed by atoms with van der Waals surface area (Å²) in [7, 11) is -0.504. The number of methoxy groups -OCH3 is 2. The second-order valence-corrected chi connectivity index (χ2v) is 6.71. The molecule has 0 saturated carbocycles. The van der Waals surface area contributed by atoms with E-state index in [1.165, 1.54) is 30.7 Å². The van der Waals surface area contributed by atoms with Crippen molar-refractivity contribution in [3.63, 3.8) is 0 Å². The molecule has 0 aromatic heterocycles. The van der Waals surface area contributed by atoms with Crippen molar-refractivity contribution in [3.05, 3.63) is 18.2 Å². The number of hydrogen-bond donors (Lipinski definition) is 1. The van der Waals surface area contributed by atoms with Gasteiger partial charge in [-0.2, -0.15) is 4.31 Å². The molecule has 0 spiro atoms. The van der Waals surface area contributed by atoms with E-state index >= 15 is 0 Å². The van der Waals surface area contributed by atoms with E-state index in [2.05, 4.69) is 0 Å². The van der Waals surface area contributed by atoms with Crippen LogP contribution >= 0.6 is 0 Å². The largest absolute Gasteiger partial charge is 0.493 e. The van der Waals surface area contributed by atoms with E-state index in [-0.39, 0.29) is 10.8 Å².